The van der Waals surface area contributed by atoms with Gasteiger partial charge in [-0.3, -0.25) is 4.79 Å². The summed E-state index contributed by atoms with van der Waals surface area (Å²) in [6.45, 7) is 3.97. The number of methoxy groups -OCH3 is 1. The molecule has 0 amide bonds. The molecule has 1 aliphatic carbocycles. The summed E-state index contributed by atoms with van der Waals surface area (Å²) in [5, 5.41) is 7.66. The van der Waals surface area contributed by atoms with E-state index in [9.17, 15) is 4.79 Å². The van der Waals surface area contributed by atoms with Crippen LogP contribution in [0.5, 0.6) is 0 Å². The second kappa shape index (κ2) is 7.27. The van der Waals surface area contributed by atoms with Crippen LogP contribution in [0.15, 0.2) is 11.0 Å². The van der Waals surface area contributed by atoms with Gasteiger partial charge in [-0.1, -0.05) is 37.8 Å². The quantitative estimate of drug-likeness (QED) is 0.877. The summed E-state index contributed by atoms with van der Waals surface area (Å²) < 4.78 is 6.29. The van der Waals surface area contributed by atoms with Crippen molar-refractivity contribution in [2.45, 2.75) is 45.6 Å². The lowest BCUT2D eigenvalue weighted by molar-refractivity contribution is 0.182. The SMILES string of the molecule is COCCn1ncc(NCC2(C)CCCCC2)c(Cl)c1=O. The molecule has 0 spiro atoms. The van der Waals surface area contributed by atoms with Crippen LogP contribution in [0.1, 0.15) is 39.0 Å². The van der Waals surface area contributed by atoms with E-state index in [2.05, 4.69) is 17.3 Å². The third kappa shape index (κ3) is 4.20. The minimum Gasteiger partial charge on any atom is -0.383 e. The summed E-state index contributed by atoms with van der Waals surface area (Å²) in [7, 11) is 1.59. The van der Waals surface area contributed by atoms with Crippen molar-refractivity contribution in [3.8, 4) is 0 Å². The molecular weight excluding hydrogens is 290 g/mol. The van der Waals surface area contributed by atoms with Crippen LogP contribution in [0.2, 0.25) is 5.02 Å². The van der Waals surface area contributed by atoms with Gasteiger partial charge in [0.15, 0.2) is 0 Å². The number of rotatable bonds is 6. The van der Waals surface area contributed by atoms with Crippen LogP contribution in [0.4, 0.5) is 5.69 Å². The second-order valence-corrected chi connectivity index (χ2v) is 6.50. The number of halogens is 1. The summed E-state index contributed by atoms with van der Waals surface area (Å²) >= 11 is 6.16. The fourth-order valence-corrected chi connectivity index (χ4v) is 3.03. The second-order valence-electron chi connectivity index (χ2n) is 6.12. The lowest BCUT2D eigenvalue weighted by Gasteiger charge is -2.34. The Morgan fingerprint density at radius 2 is 2.14 bits per heavy atom. The molecule has 0 radical (unpaired) electrons. The predicted octanol–water partition coefficient (Wildman–Crippen LogP) is 2.93. The van der Waals surface area contributed by atoms with E-state index in [1.807, 2.05) is 0 Å². The van der Waals surface area contributed by atoms with Crippen molar-refractivity contribution in [1.29, 1.82) is 0 Å². The monoisotopic (exact) mass is 313 g/mol. The zero-order valence-corrected chi connectivity index (χ0v) is 13.6. The van der Waals surface area contributed by atoms with Gasteiger partial charge in [-0.15, -0.1) is 0 Å². The molecule has 0 atom stereocenters. The number of hydrogen-bond donors (Lipinski definition) is 1. The summed E-state index contributed by atoms with van der Waals surface area (Å²) in [5.74, 6) is 0. The van der Waals surface area contributed by atoms with E-state index in [0.717, 1.165) is 6.54 Å². The van der Waals surface area contributed by atoms with Gasteiger partial charge >= 0.3 is 0 Å². The minimum absolute atomic E-state index is 0.209. The molecule has 1 aliphatic rings. The van der Waals surface area contributed by atoms with E-state index < -0.39 is 0 Å². The van der Waals surface area contributed by atoms with Crippen molar-refractivity contribution >= 4 is 17.3 Å². The molecule has 0 aliphatic heterocycles. The van der Waals surface area contributed by atoms with Crippen molar-refractivity contribution in [2.24, 2.45) is 5.41 Å². The smallest absolute Gasteiger partial charge is 0.287 e. The van der Waals surface area contributed by atoms with Gasteiger partial charge in [-0.2, -0.15) is 5.10 Å². The minimum atomic E-state index is -0.271. The van der Waals surface area contributed by atoms with Gasteiger partial charge in [-0.05, 0) is 18.3 Å². The Balaban J connectivity index is 2.03. The molecule has 1 fully saturated rings. The Kier molecular flexibility index (Phi) is 5.65. The van der Waals surface area contributed by atoms with Gasteiger partial charge in [-0.25, -0.2) is 4.68 Å². The lowest BCUT2D eigenvalue weighted by atomic mass is 9.76. The Hall–Kier alpha value is -1.07. The Labute approximate surface area is 130 Å². The number of anilines is 1. The van der Waals surface area contributed by atoms with E-state index in [-0.39, 0.29) is 16.0 Å². The number of hydrogen-bond acceptors (Lipinski definition) is 4. The molecule has 0 saturated heterocycles. The first-order chi connectivity index (χ1) is 10.1. The maximum absolute atomic E-state index is 12.1. The summed E-state index contributed by atoms with van der Waals surface area (Å²) in [4.78, 5) is 12.1. The highest BCUT2D eigenvalue weighted by molar-refractivity contribution is 6.32. The van der Waals surface area contributed by atoms with Gasteiger partial charge in [0.25, 0.3) is 5.56 Å². The first kappa shape index (κ1) is 16.3. The third-order valence-corrected chi connectivity index (χ3v) is 4.62. The molecule has 21 heavy (non-hydrogen) atoms. The zero-order valence-electron chi connectivity index (χ0n) is 12.8. The van der Waals surface area contributed by atoms with Crippen LogP contribution in [-0.4, -0.2) is 30.0 Å². The number of nitrogens with zero attached hydrogens (tertiary/aromatic N) is 2. The maximum atomic E-state index is 12.1. The Morgan fingerprint density at radius 1 is 1.43 bits per heavy atom. The first-order valence-corrected chi connectivity index (χ1v) is 7.92. The highest BCUT2D eigenvalue weighted by Gasteiger charge is 2.26. The predicted molar refractivity (Wildman–Crippen MR) is 85.1 cm³/mol. The number of ether oxygens (including phenoxy) is 1. The van der Waals surface area contributed by atoms with Gasteiger partial charge < -0.3 is 10.1 Å². The molecule has 1 aromatic rings. The summed E-state index contributed by atoms with van der Waals surface area (Å²) in [6, 6.07) is 0. The van der Waals surface area contributed by atoms with Gasteiger partial charge in [0, 0.05) is 13.7 Å². The highest BCUT2D eigenvalue weighted by atomic mass is 35.5. The molecule has 118 valence electrons. The van der Waals surface area contributed by atoms with Crippen molar-refractivity contribution in [1.82, 2.24) is 9.78 Å². The fourth-order valence-electron chi connectivity index (χ4n) is 2.82. The molecule has 0 unspecified atom stereocenters. The molecular formula is C15H24ClN3O2. The third-order valence-electron chi connectivity index (χ3n) is 4.26. The number of nitrogens with one attached hydrogen (secondary N) is 1. The molecule has 2 rings (SSSR count). The first-order valence-electron chi connectivity index (χ1n) is 7.54. The van der Waals surface area contributed by atoms with Crippen LogP contribution in [0.25, 0.3) is 0 Å². The van der Waals surface area contributed by atoms with Gasteiger partial charge in [0.1, 0.15) is 5.02 Å². The molecule has 6 heteroatoms. The molecule has 1 heterocycles. The van der Waals surface area contributed by atoms with Crippen molar-refractivity contribution in [2.75, 3.05) is 25.6 Å². The van der Waals surface area contributed by atoms with E-state index in [4.69, 9.17) is 16.3 Å². The Morgan fingerprint density at radius 3 is 2.81 bits per heavy atom. The van der Waals surface area contributed by atoms with Crippen LogP contribution in [0.3, 0.4) is 0 Å². The van der Waals surface area contributed by atoms with E-state index >= 15 is 0 Å². The summed E-state index contributed by atoms with van der Waals surface area (Å²) in [5.41, 5.74) is 0.640. The van der Waals surface area contributed by atoms with Crippen LogP contribution in [-0.2, 0) is 11.3 Å². The maximum Gasteiger partial charge on any atom is 0.287 e. The standard InChI is InChI=1S/C15H24ClN3O2/c1-15(6-4-3-5-7-15)11-17-12-10-18-19(8-9-21-2)14(20)13(12)16/h10,17H,3-9,11H2,1-2H3. The van der Waals surface area contributed by atoms with E-state index in [1.54, 1.807) is 13.3 Å². The molecule has 0 bridgehead atoms. The summed E-state index contributed by atoms with van der Waals surface area (Å²) in [6.07, 6.45) is 7.95. The van der Waals surface area contributed by atoms with Gasteiger partial charge in [0.05, 0.1) is 25.0 Å². The zero-order chi connectivity index (χ0) is 15.3. The van der Waals surface area contributed by atoms with Crippen molar-refractivity contribution < 1.29 is 4.74 Å². The van der Waals surface area contributed by atoms with Crippen molar-refractivity contribution in [3.63, 3.8) is 0 Å². The highest BCUT2D eigenvalue weighted by Crippen LogP contribution is 2.36. The number of aromatic nitrogens is 2. The molecule has 1 saturated carbocycles. The van der Waals surface area contributed by atoms with Gasteiger partial charge in [0.2, 0.25) is 0 Å². The lowest BCUT2D eigenvalue weighted by Crippen LogP contribution is -2.30. The average molecular weight is 314 g/mol. The van der Waals surface area contributed by atoms with E-state index in [0.29, 0.717) is 18.8 Å². The molecule has 1 aromatic heterocycles. The normalized spacial score (nSPS) is 17.7. The average Bonchev–Trinajstić information content (AvgIpc) is 2.48. The fraction of sp³-hybridized carbons (Fsp3) is 0.733. The van der Waals surface area contributed by atoms with Crippen LogP contribution in [0, 0.1) is 5.41 Å². The molecule has 0 aromatic carbocycles. The Bertz CT molecular complexity index is 524. The largest absolute Gasteiger partial charge is 0.383 e. The van der Waals surface area contributed by atoms with Crippen molar-refractivity contribution in [3.05, 3.63) is 21.6 Å². The topological polar surface area (TPSA) is 56.1 Å². The molecule has 1 N–H and O–H groups in total. The van der Waals surface area contributed by atoms with Crippen LogP contribution >= 0.6 is 11.6 Å². The molecule has 5 nitrogen and oxygen atoms in total. The van der Waals surface area contributed by atoms with E-state index in [1.165, 1.54) is 36.8 Å². The van der Waals surface area contributed by atoms with Crippen LogP contribution < -0.4 is 10.9 Å².